The maximum atomic E-state index is 12.6. The van der Waals surface area contributed by atoms with Crippen molar-refractivity contribution in [2.45, 2.75) is 12.5 Å². The molecule has 0 saturated carbocycles. The van der Waals surface area contributed by atoms with E-state index in [0.717, 1.165) is 10.9 Å². The zero-order chi connectivity index (χ0) is 19.0. The third-order valence-electron chi connectivity index (χ3n) is 4.57. The molecule has 2 heterocycles. The van der Waals surface area contributed by atoms with Crippen molar-refractivity contribution in [2.75, 3.05) is 5.32 Å². The summed E-state index contributed by atoms with van der Waals surface area (Å²) in [5.74, 6) is -0.796. The third-order valence-corrected chi connectivity index (χ3v) is 4.57. The van der Waals surface area contributed by atoms with Gasteiger partial charge in [0.15, 0.2) is 0 Å². The molecule has 0 bridgehead atoms. The van der Waals surface area contributed by atoms with Crippen LogP contribution in [0.3, 0.4) is 0 Å². The maximum Gasteiger partial charge on any atom is 0.322 e. The number of amides is 4. The number of aromatic nitrogens is 1. The Morgan fingerprint density at radius 2 is 1.85 bits per heavy atom. The molecule has 1 aromatic heterocycles. The second kappa shape index (κ2) is 6.21. The van der Waals surface area contributed by atoms with Crippen LogP contribution in [0, 0.1) is 0 Å². The van der Waals surface area contributed by atoms with E-state index < -0.39 is 17.5 Å². The SMILES string of the molecule is C[C@@]1(c2cccc(NC(=O)c3ccc4ccccc4n3)c2)NC(=O)NC1=O. The number of imide groups is 1. The summed E-state index contributed by atoms with van der Waals surface area (Å²) in [6.45, 7) is 1.61. The van der Waals surface area contributed by atoms with Gasteiger partial charge in [0.05, 0.1) is 5.52 Å². The molecule has 3 N–H and O–H groups in total. The van der Waals surface area contributed by atoms with Crippen LogP contribution in [-0.2, 0) is 10.3 Å². The first kappa shape index (κ1) is 16.7. The molecule has 27 heavy (non-hydrogen) atoms. The van der Waals surface area contributed by atoms with Crippen LogP contribution in [0.25, 0.3) is 10.9 Å². The van der Waals surface area contributed by atoms with E-state index in [0.29, 0.717) is 11.3 Å². The van der Waals surface area contributed by atoms with Crippen molar-refractivity contribution in [1.82, 2.24) is 15.6 Å². The molecule has 0 spiro atoms. The largest absolute Gasteiger partial charge is 0.322 e. The number of hydrogen-bond acceptors (Lipinski definition) is 4. The lowest BCUT2D eigenvalue weighted by atomic mass is 9.92. The summed E-state index contributed by atoms with van der Waals surface area (Å²) in [4.78, 5) is 40.5. The lowest BCUT2D eigenvalue weighted by Gasteiger charge is -2.21. The van der Waals surface area contributed by atoms with Crippen LogP contribution < -0.4 is 16.0 Å². The molecular weight excluding hydrogens is 344 g/mol. The Bertz CT molecular complexity index is 1100. The van der Waals surface area contributed by atoms with Crippen LogP contribution in [0.1, 0.15) is 23.0 Å². The van der Waals surface area contributed by atoms with Crippen LogP contribution in [-0.4, -0.2) is 22.8 Å². The molecule has 2 aromatic carbocycles. The van der Waals surface area contributed by atoms with Gasteiger partial charge in [-0.1, -0.05) is 36.4 Å². The highest BCUT2D eigenvalue weighted by molar-refractivity contribution is 6.07. The number of benzene rings is 2. The van der Waals surface area contributed by atoms with Gasteiger partial charge in [-0.2, -0.15) is 0 Å². The van der Waals surface area contributed by atoms with Gasteiger partial charge in [-0.15, -0.1) is 0 Å². The second-order valence-corrected chi connectivity index (χ2v) is 6.46. The second-order valence-electron chi connectivity index (χ2n) is 6.46. The summed E-state index contributed by atoms with van der Waals surface area (Å²) in [7, 11) is 0. The van der Waals surface area contributed by atoms with Crippen molar-refractivity contribution in [1.29, 1.82) is 0 Å². The zero-order valence-corrected chi connectivity index (χ0v) is 14.4. The van der Waals surface area contributed by atoms with Crippen LogP contribution in [0.4, 0.5) is 10.5 Å². The van der Waals surface area contributed by atoms with Crippen molar-refractivity contribution >= 4 is 34.4 Å². The lowest BCUT2D eigenvalue weighted by Crippen LogP contribution is -2.40. The van der Waals surface area contributed by atoms with E-state index in [1.807, 2.05) is 30.3 Å². The highest BCUT2D eigenvalue weighted by Crippen LogP contribution is 2.26. The molecule has 1 aliphatic heterocycles. The van der Waals surface area contributed by atoms with Gasteiger partial charge in [0.25, 0.3) is 11.8 Å². The van der Waals surface area contributed by atoms with E-state index in [1.54, 1.807) is 37.3 Å². The number of hydrogen-bond donors (Lipinski definition) is 3. The van der Waals surface area contributed by atoms with E-state index in [4.69, 9.17) is 0 Å². The minimum Gasteiger partial charge on any atom is -0.321 e. The zero-order valence-electron chi connectivity index (χ0n) is 14.4. The Balaban J connectivity index is 1.60. The molecule has 4 amide bonds. The molecule has 1 atom stereocenters. The fourth-order valence-electron chi connectivity index (χ4n) is 3.04. The summed E-state index contributed by atoms with van der Waals surface area (Å²) in [6, 6.07) is 17.3. The summed E-state index contributed by atoms with van der Waals surface area (Å²) in [5, 5.41) is 8.56. The quantitative estimate of drug-likeness (QED) is 0.625. The summed E-state index contributed by atoms with van der Waals surface area (Å²) >= 11 is 0. The number of fused-ring (bicyclic) bond motifs is 1. The maximum absolute atomic E-state index is 12.6. The Hall–Kier alpha value is -3.74. The minimum atomic E-state index is -1.18. The molecule has 1 aliphatic rings. The monoisotopic (exact) mass is 360 g/mol. The molecular formula is C20H16N4O3. The topological polar surface area (TPSA) is 100 Å². The summed E-state index contributed by atoms with van der Waals surface area (Å²) in [5.41, 5.74) is 0.908. The Labute approximate surface area is 154 Å². The Kier molecular flexibility index (Phi) is 3.84. The molecule has 1 saturated heterocycles. The number of urea groups is 1. The molecule has 7 heteroatoms. The average molecular weight is 360 g/mol. The van der Waals surface area contributed by atoms with Crippen LogP contribution in [0.5, 0.6) is 0 Å². The van der Waals surface area contributed by atoms with E-state index in [-0.39, 0.29) is 11.6 Å². The lowest BCUT2D eigenvalue weighted by molar-refractivity contribution is -0.123. The van der Waals surface area contributed by atoms with Gasteiger partial charge in [-0.3, -0.25) is 14.9 Å². The molecule has 7 nitrogen and oxygen atoms in total. The molecule has 0 aliphatic carbocycles. The van der Waals surface area contributed by atoms with Gasteiger partial charge in [0.2, 0.25) is 0 Å². The van der Waals surface area contributed by atoms with Gasteiger partial charge in [0, 0.05) is 11.1 Å². The van der Waals surface area contributed by atoms with Crippen molar-refractivity contribution in [3.63, 3.8) is 0 Å². The highest BCUT2D eigenvalue weighted by atomic mass is 16.2. The molecule has 3 aromatic rings. The predicted molar refractivity (Wildman–Crippen MR) is 100 cm³/mol. The number of anilines is 1. The Morgan fingerprint density at radius 1 is 1.04 bits per heavy atom. The fraction of sp³-hybridized carbons (Fsp3) is 0.100. The fourth-order valence-corrected chi connectivity index (χ4v) is 3.04. The number of carbonyl (C=O) groups excluding carboxylic acids is 3. The van der Waals surface area contributed by atoms with E-state index in [9.17, 15) is 14.4 Å². The van der Waals surface area contributed by atoms with Gasteiger partial charge >= 0.3 is 6.03 Å². The predicted octanol–water partition coefficient (Wildman–Crippen LogP) is 2.54. The van der Waals surface area contributed by atoms with Crippen molar-refractivity contribution in [3.8, 4) is 0 Å². The molecule has 0 radical (unpaired) electrons. The number of carbonyl (C=O) groups is 3. The van der Waals surface area contributed by atoms with Crippen molar-refractivity contribution < 1.29 is 14.4 Å². The molecule has 134 valence electrons. The first-order valence-corrected chi connectivity index (χ1v) is 8.37. The minimum absolute atomic E-state index is 0.289. The highest BCUT2D eigenvalue weighted by Gasteiger charge is 2.43. The van der Waals surface area contributed by atoms with Crippen molar-refractivity contribution in [3.05, 3.63) is 71.9 Å². The van der Waals surface area contributed by atoms with Gasteiger partial charge in [0.1, 0.15) is 11.2 Å². The Morgan fingerprint density at radius 3 is 2.63 bits per heavy atom. The smallest absolute Gasteiger partial charge is 0.321 e. The molecule has 1 fully saturated rings. The summed E-state index contributed by atoms with van der Waals surface area (Å²) < 4.78 is 0. The van der Waals surface area contributed by atoms with E-state index >= 15 is 0 Å². The van der Waals surface area contributed by atoms with E-state index in [2.05, 4.69) is 20.9 Å². The van der Waals surface area contributed by atoms with Crippen molar-refractivity contribution in [2.24, 2.45) is 0 Å². The van der Waals surface area contributed by atoms with Crippen LogP contribution in [0.15, 0.2) is 60.7 Å². The third kappa shape index (κ3) is 2.99. The number of pyridine rings is 1. The first-order valence-electron chi connectivity index (χ1n) is 8.37. The summed E-state index contributed by atoms with van der Waals surface area (Å²) in [6.07, 6.45) is 0. The molecule has 0 unspecified atom stereocenters. The number of nitrogens with one attached hydrogen (secondary N) is 3. The average Bonchev–Trinajstić information content (AvgIpc) is 2.94. The van der Waals surface area contributed by atoms with Gasteiger partial charge < -0.3 is 10.6 Å². The number of nitrogens with zero attached hydrogens (tertiary/aromatic N) is 1. The first-order chi connectivity index (χ1) is 13.0. The number of para-hydroxylation sites is 1. The molecule has 4 rings (SSSR count). The normalized spacial score (nSPS) is 18.9. The van der Waals surface area contributed by atoms with Gasteiger partial charge in [-0.25, -0.2) is 9.78 Å². The number of rotatable bonds is 3. The van der Waals surface area contributed by atoms with Crippen LogP contribution >= 0.6 is 0 Å². The van der Waals surface area contributed by atoms with E-state index in [1.165, 1.54) is 0 Å². The van der Waals surface area contributed by atoms with Gasteiger partial charge in [-0.05, 0) is 36.8 Å². The van der Waals surface area contributed by atoms with Crippen LogP contribution in [0.2, 0.25) is 0 Å². The standard InChI is InChI=1S/C20H16N4O3/c1-20(18(26)23-19(27)24-20)13-6-4-7-14(11-13)21-17(25)16-10-9-12-5-2-3-8-15(12)22-16/h2-11H,1H3,(H,21,25)(H2,23,24,26,27)/t20-/m0/s1.